The van der Waals surface area contributed by atoms with Gasteiger partial charge in [-0.1, -0.05) is 60.7 Å². The van der Waals surface area contributed by atoms with Crippen molar-refractivity contribution in [3.8, 4) is 11.3 Å². The van der Waals surface area contributed by atoms with E-state index in [2.05, 4.69) is 15.3 Å². The van der Waals surface area contributed by atoms with E-state index < -0.39 is 5.60 Å². The molecule has 0 radical (unpaired) electrons. The zero-order valence-electron chi connectivity index (χ0n) is 15.5. The van der Waals surface area contributed by atoms with Crippen LogP contribution >= 0.6 is 0 Å². The molecule has 1 aromatic heterocycles. The van der Waals surface area contributed by atoms with Crippen molar-refractivity contribution in [1.29, 1.82) is 0 Å². The molecule has 1 saturated heterocycles. The quantitative estimate of drug-likeness (QED) is 0.733. The van der Waals surface area contributed by atoms with Gasteiger partial charge in [-0.2, -0.15) is 0 Å². The van der Waals surface area contributed by atoms with Gasteiger partial charge in [-0.05, 0) is 18.4 Å². The average molecular weight is 374 g/mol. The second kappa shape index (κ2) is 7.78. The van der Waals surface area contributed by atoms with Crippen LogP contribution in [-0.4, -0.2) is 39.1 Å². The molecule has 0 spiro atoms. The van der Waals surface area contributed by atoms with Gasteiger partial charge in [0.05, 0.1) is 23.7 Å². The highest BCUT2D eigenvalue weighted by Crippen LogP contribution is 2.32. The number of nitrogens with zero attached hydrogens (tertiary/aromatic N) is 3. The highest BCUT2D eigenvalue weighted by atomic mass is 16.3. The van der Waals surface area contributed by atoms with Crippen LogP contribution in [0, 0.1) is 0 Å². The Bertz CT molecular complexity index is 922. The third-order valence-corrected chi connectivity index (χ3v) is 5.15. The van der Waals surface area contributed by atoms with E-state index >= 15 is 0 Å². The molecule has 2 N–H and O–H groups in total. The van der Waals surface area contributed by atoms with Crippen molar-refractivity contribution in [3.63, 3.8) is 0 Å². The van der Waals surface area contributed by atoms with Gasteiger partial charge in [0, 0.05) is 18.7 Å². The zero-order valence-corrected chi connectivity index (χ0v) is 15.5. The van der Waals surface area contributed by atoms with Crippen molar-refractivity contribution in [2.24, 2.45) is 0 Å². The Hall–Kier alpha value is -3.25. The molecule has 0 saturated carbocycles. The van der Waals surface area contributed by atoms with E-state index in [1.807, 2.05) is 60.7 Å². The van der Waals surface area contributed by atoms with Crippen LogP contribution in [0.25, 0.3) is 11.3 Å². The number of hydrogen-bond acceptors (Lipinski definition) is 4. The van der Waals surface area contributed by atoms with Crippen molar-refractivity contribution in [2.45, 2.75) is 18.4 Å². The molecule has 0 unspecified atom stereocenters. The maximum absolute atomic E-state index is 12.5. The lowest BCUT2D eigenvalue weighted by atomic mass is 9.84. The summed E-state index contributed by atoms with van der Waals surface area (Å²) in [5.74, 6) is 0.411. The predicted octanol–water partition coefficient (Wildman–Crippen LogP) is 3.66. The molecule has 1 aliphatic rings. The number of likely N-dealkylation sites (tertiary alicyclic amines) is 1. The van der Waals surface area contributed by atoms with Crippen molar-refractivity contribution >= 4 is 11.8 Å². The first-order valence-electron chi connectivity index (χ1n) is 9.35. The fourth-order valence-electron chi connectivity index (χ4n) is 3.46. The van der Waals surface area contributed by atoms with Crippen LogP contribution in [0.2, 0.25) is 0 Å². The van der Waals surface area contributed by atoms with E-state index in [9.17, 15) is 9.90 Å². The van der Waals surface area contributed by atoms with Gasteiger partial charge in [0.15, 0.2) is 5.82 Å². The van der Waals surface area contributed by atoms with E-state index in [0.717, 1.165) is 16.8 Å². The Kier molecular flexibility index (Phi) is 5.04. The van der Waals surface area contributed by atoms with Gasteiger partial charge in [0.25, 0.3) is 0 Å². The molecule has 28 heavy (non-hydrogen) atoms. The number of aromatic nitrogens is 2. The number of anilines is 1. The van der Waals surface area contributed by atoms with Crippen LogP contribution in [0.1, 0.15) is 18.4 Å². The fourth-order valence-corrected chi connectivity index (χ4v) is 3.46. The van der Waals surface area contributed by atoms with Crippen LogP contribution < -0.4 is 5.32 Å². The minimum atomic E-state index is -0.880. The highest BCUT2D eigenvalue weighted by molar-refractivity contribution is 5.88. The third kappa shape index (κ3) is 3.87. The monoisotopic (exact) mass is 374 g/mol. The third-order valence-electron chi connectivity index (χ3n) is 5.15. The van der Waals surface area contributed by atoms with E-state index in [1.165, 1.54) is 0 Å². The summed E-state index contributed by atoms with van der Waals surface area (Å²) in [6, 6.07) is 19.2. The molecule has 6 heteroatoms. The Balaban J connectivity index is 1.36. The number of carbonyl (C=O) groups excluding carboxylic acids is 1. The maximum Gasteiger partial charge on any atom is 0.323 e. The molecule has 3 aromatic rings. The highest BCUT2D eigenvalue weighted by Gasteiger charge is 2.35. The van der Waals surface area contributed by atoms with Crippen LogP contribution in [0.3, 0.4) is 0 Å². The second-order valence-electron chi connectivity index (χ2n) is 6.97. The number of urea groups is 1. The molecule has 1 aliphatic heterocycles. The minimum absolute atomic E-state index is 0.225. The van der Waals surface area contributed by atoms with E-state index in [4.69, 9.17) is 0 Å². The first-order chi connectivity index (χ1) is 13.6. The van der Waals surface area contributed by atoms with Crippen LogP contribution in [0.4, 0.5) is 10.6 Å². The standard InChI is InChI=1S/C22H22N4O2/c27-21(25-20-16-23-19(15-24-20)17-7-3-1-4-8-17)26-13-11-22(28,12-14-26)18-9-5-2-6-10-18/h1-10,15-16,28H,11-14H2,(H,24,25,27). The summed E-state index contributed by atoms with van der Waals surface area (Å²) in [6.07, 6.45) is 4.21. The number of amides is 2. The number of benzene rings is 2. The molecule has 2 heterocycles. The number of rotatable bonds is 3. The lowest BCUT2D eigenvalue weighted by Crippen LogP contribution is -2.46. The van der Waals surface area contributed by atoms with Gasteiger partial charge in [0.1, 0.15) is 0 Å². The maximum atomic E-state index is 12.5. The summed E-state index contributed by atoms with van der Waals surface area (Å²) in [6.45, 7) is 0.958. The summed E-state index contributed by atoms with van der Waals surface area (Å²) in [7, 11) is 0. The van der Waals surface area contributed by atoms with Crippen molar-refractivity contribution in [1.82, 2.24) is 14.9 Å². The van der Waals surface area contributed by atoms with Gasteiger partial charge in [0.2, 0.25) is 0 Å². The van der Waals surface area contributed by atoms with Crippen LogP contribution in [0.15, 0.2) is 73.1 Å². The summed E-state index contributed by atoms with van der Waals surface area (Å²) in [4.78, 5) is 22.9. The fraction of sp³-hybridized carbons (Fsp3) is 0.227. The van der Waals surface area contributed by atoms with E-state index in [-0.39, 0.29) is 6.03 Å². The number of carbonyl (C=O) groups is 1. The number of aliphatic hydroxyl groups is 1. The Labute approximate surface area is 163 Å². The normalized spacial score (nSPS) is 15.8. The predicted molar refractivity (Wildman–Crippen MR) is 108 cm³/mol. The number of hydrogen-bond donors (Lipinski definition) is 2. The van der Waals surface area contributed by atoms with Gasteiger partial charge in [-0.3, -0.25) is 10.3 Å². The van der Waals surface area contributed by atoms with Crippen molar-refractivity contribution < 1.29 is 9.90 Å². The lowest BCUT2D eigenvalue weighted by molar-refractivity contribution is -0.0157. The molecular formula is C22H22N4O2. The number of piperidine rings is 1. The molecule has 0 aliphatic carbocycles. The first kappa shape index (κ1) is 18.1. The molecule has 6 nitrogen and oxygen atoms in total. The SMILES string of the molecule is O=C(Nc1cnc(-c2ccccc2)cn1)N1CCC(O)(c2ccccc2)CC1. The zero-order chi connectivity index (χ0) is 19.4. The van der Waals surface area contributed by atoms with Crippen LogP contribution in [0.5, 0.6) is 0 Å². The molecule has 0 bridgehead atoms. The first-order valence-corrected chi connectivity index (χ1v) is 9.35. The smallest absolute Gasteiger partial charge is 0.323 e. The van der Waals surface area contributed by atoms with Crippen molar-refractivity contribution in [2.75, 3.05) is 18.4 Å². The summed E-state index contributed by atoms with van der Waals surface area (Å²) < 4.78 is 0. The lowest BCUT2D eigenvalue weighted by Gasteiger charge is -2.38. The molecular weight excluding hydrogens is 352 g/mol. The number of nitrogens with one attached hydrogen (secondary N) is 1. The van der Waals surface area contributed by atoms with Crippen molar-refractivity contribution in [3.05, 3.63) is 78.6 Å². The van der Waals surface area contributed by atoms with Gasteiger partial charge < -0.3 is 10.0 Å². The van der Waals surface area contributed by atoms with Crippen LogP contribution in [-0.2, 0) is 5.60 Å². The summed E-state index contributed by atoms with van der Waals surface area (Å²) >= 11 is 0. The Morgan fingerprint density at radius 3 is 2.18 bits per heavy atom. The molecule has 1 fully saturated rings. The largest absolute Gasteiger partial charge is 0.385 e. The Morgan fingerprint density at radius 2 is 1.57 bits per heavy atom. The summed E-state index contributed by atoms with van der Waals surface area (Å²) in [5.41, 5.74) is 1.75. The van der Waals surface area contributed by atoms with Gasteiger partial charge in [-0.25, -0.2) is 9.78 Å². The molecule has 142 valence electrons. The van der Waals surface area contributed by atoms with E-state index in [1.54, 1.807) is 17.3 Å². The minimum Gasteiger partial charge on any atom is -0.385 e. The molecule has 0 atom stereocenters. The topological polar surface area (TPSA) is 78.4 Å². The summed E-state index contributed by atoms with van der Waals surface area (Å²) in [5, 5.41) is 13.7. The molecule has 4 rings (SSSR count). The van der Waals surface area contributed by atoms with Gasteiger partial charge >= 0.3 is 6.03 Å². The molecule has 2 amide bonds. The Morgan fingerprint density at radius 1 is 0.929 bits per heavy atom. The van der Waals surface area contributed by atoms with E-state index in [0.29, 0.717) is 31.7 Å². The van der Waals surface area contributed by atoms with Gasteiger partial charge in [-0.15, -0.1) is 0 Å². The average Bonchev–Trinajstić information content (AvgIpc) is 2.76. The second-order valence-corrected chi connectivity index (χ2v) is 6.97. The molecule has 2 aromatic carbocycles.